The summed E-state index contributed by atoms with van der Waals surface area (Å²) >= 11 is 0. The Hall–Kier alpha value is -3.06. The smallest absolute Gasteiger partial charge is 0.336 e. The quantitative estimate of drug-likeness (QED) is 0.393. The molecule has 0 bridgehead atoms. The van der Waals surface area contributed by atoms with Gasteiger partial charge < -0.3 is 23.4 Å². The van der Waals surface area contributed by atoms with Crippen LogP contribution in [0.4, 0.5) is 0 Å². The maximum absolute atomic E-state index is 12.1. The van der Waals surface area contributed by atoms with Gasteiger partial charge in [0, 0.05) is 22.4 Å². The van der Waals surface area contributed by atoms with Crippen molar-refractivity contribution in [1.82, 2.24) is 0 Å². The summed E-state index contributed by atoms with van der Waals surface area (Å²) < 4.78 is 22.1. The van der Waals surface area contributed by atoms with Gasteiger partial charge in [-0.3, -0.25) is 0 Å². The van der Waals surface area contributed by atoms with Crippen molar-refractivity contribution in [3.05, 3.63) is 52.6 Å². The zero-order valence-electron chi connectivity index (χ0n) is 16.1. The summed E-state index contributed by atoms with van der Waals surface area (Å²) in [5.74, 6) is -0.339. The van der Waals surface area contributed by atoms with Gasteiger partial charge in [-0.15, -0.1) is 0 Å². The average Bonchev–Trinajstić information content (AvgIpc) is 3.10. The van der Waals surface area contributed by atoms with E-state index in [0.29, 0.717) is 16.5 Å². The summed E-state index contributed by atoms with van der Waals surface area (Å²) in [4.78, 5) is 23.8. The number of allylic oxidation sites excluding steroid dienone is 1. The highest BCUT2D eigenvalue weighted by atomic mass is 16.6. The molecule has 3 rings (SSSR count). The van der Waals surface area contributed by atoms with E-state index in [2.05, 4.69) is 0 Å². The molecule has 7 heteroatoms. The second-order valence-corrected chi connectivity index (χ2v) is 7.05. The van der Waals surface area contributed by atoms with E-state index >= 15 is 0 Å². The molecular formula is C21H22O7. The van der Waals surface area contributed by atoms with E-state index in [1.165, 1.54) is 26.2 Å². The van der Waals surface area contributed by atoms with Crippen LogP contribution in [0, 0.1) is 0 Å². The molecule has 1 unspecified atom stereocenters. The van der Waals surface area contributed by atoms with Crippen molar-refractivity contribution in [1.29, 1.82) is 0 Å². The van der Waals surface area contributed by atoms with Crippen LogP contribution in [-0.2, 0) is 9.53 Å². The van der Waals surface area contributed by atoms with Crippen molar-refractivity contribution >= 4 is 27.9 Å². The van der Waals surface area contributed by atoms with E-state index in [0.717, 1.165) is 5.39 Å². The summed E-state index contributed by atoms with van der Waals surface area (Å²) in [6, 6.07) is 6.52. The number of aliphatic hydroxyl groups is 1. The summed E-state index contributed by atoms with van der Waals surface area (Å²) in [7, 11) is 0. The Bertz CT molecular complexity index is 1100. The van der Waals surface area contributed by atoms with Crippen LogP contribution in [0.3, 0.4) is 0 Å². The van der Waals surface area contributed by atoms with Crippen LogP contribution in [0.5, 0.6) is 5.75 Å². The van der Waals surface area contributed by atoms with Crippen molar-refractivity contribution in [2.24, 2.45) is 0 Å². The number of ether oxygens (including phenoxy) is 2. The third-order valence-electron chi connectivity index (χ3n) is 4.45. The molecule has 2 heterocycles. The Labute approximate surface area is 161 Å². The highest BCUT2D eigenvalue weighted by molar-refractivity contribution is 5.99. The van der Waals surface area contributed by atoms with Crippen LogP contribution >= 0.6 is 0 Å². The van der Waals surface area contributed by atoms with Gasteiger partial charge >= 0.3 is 11.6 Å². The normalized spacial score (nSPS) is 13.7. The maximum Gasteiger partial charge on any atom is 0.336 e. The number of furan rings is 1. The lowest BCUT2D eigenvalue weighted by molar-refractivity contribution is -0.160. The molecule has 1 aromatic carbocycles. The van der Waals surface area contributed by atoms with Gasteiger partial charge in [-0.1, -0.05) is 6.08 Å². The van der Waals surface area contributed by atoms with E-state index < -0.39 is 23.3 Å². The minimum Gasteiger partial charge on any atom is -0.482 e. The lowest BCUT2D eigenvalue weighted by Crippen LogP contribution is -2.44. The van der Waals surface area contributed by atoms with Crippen LogP contribution in [0.15, 0.2) is 55.8 Å². The number of hydrogen-bond acceptors (Lipinski definition) is 7. The predicted octanol–water partition coefficient (Wildman–Crippen LogP) is 3.57. The Morgan fingerprint density at radius 3 is 2.64 bits per heavy atom. The van der Waals surface area contributed by atoms with Gasteiger partial charge in [0.2, 0.25) is 5.75 Å². The summed E-state index contributed by atoms with van der Waals surface area (Å²) in [5.41, 5.74) is -0.860. The Morgan fingerprint density at radius 2 is 1.96 bits per heavy atom. The van der Waals surface area contributed by atoms with E-state index in [1.54, 1.807) is 32.1 Å². The molecule has 0 saturated carbocycles. The molecule has 28 heavy (non-hydrogen) atoms. The SMILES string of the molecule is CC=C(C)C(=O)OC(COc1c2occc2cc2ccc(=O)oc12)C(C)(C)O. The van der Waals surface area contributed by atoms with E-state index in [-0.39, 0.29) is 17.9 Å². The second-order valence-electron chi connectivity index (χ2n) is 7.05. The average molecular weight is 386 g/mol. The topological polar surface area (TPSA) is 99.1 Å². The van der Waals surface area contributed by atoms with Gasteiger partial charge in [-0.2, -0.15) is 0 Å². The van der Waals surface area contributed by atoms with Gasteiger partial charge in [0.1, 0.15) is 6.61 Å². The molecule has 0 radical (unpaired) electrons. The summed E-state index contributed by atoms with van der Waals surface area (Å²) in [6.07, 6.45) is 2.15. The molecule has 0 aliphatic carbocycles. The first-order chi connectivity index (χ1) is 13.2. The Kier molecular flexibility index (Phi) is 5.29. The Balaban J connectivity index is 1.97. The van der Waals surface area contributed by atoms with E-state index in [9.17, 15) is 14.7 Å². The third-order valence-corrected chi connectivity index (χ3v) is 4.45. The largest absolute Gasteiger partial charge is 0.482 e. The number of benzene rings is 1. The molecule has 0 fully saturated rings. The fourth-order valence-corrected chi connectivity index (χ4v) is 2.62. The molecule has 1 atom stereocenters. The highest BCUT2D eigenvalue weighted by Gasteiger charge is 2.32. The van der Waals surface area contributed by atoms with Crippen molar-refractivity contribution in [2.45, 2.75) is 39.4 Å². The number of carbonyl (C=O) groups excluding carboxylic acids is 1. The van der Waals surface area contributed by atoms with Crippen LogP contribution < -0.4 is 10.4 Å². The van der Waals surface area contributed by atoms with Crippen molar-refractivity contribution in [3.8, 4) is 5.75 Å². The van der Waals surface area contributed by atoms with Crippen LogP contribution in [0.1, 0.15) is 27.7 Å². The monoisotopic (exact) mass is 386 g/mol. The van der Waals surface area contributed by atoms with Gasteiger partial charge in [-0.25, -0.2) is 9.59 Å². The minimum atomic E-state index is -1.36. The molecular weight excluding hydrogens is 364 g/mol. The first-order valence-electron chi connectivity index (χ1n) is 8.84. The Morgan fingerprint density at radius 1 is 1.25 bits per heavy atom. The van der Waals surface area contributed by atoms with Gasteiger partial charge in [0.25, 0.3) is 0 Å². The number of carbonyl (C=O) groups is 1. The van der Waals surface area contributed by atoms with E-state index in [1.807, 2.05) is 6.07 Å². The number of hydrogen-bond donors (Lipinski definition) is 1. The number of esters is 1. The van der Waals surface area contributed by atoms with Crippen molar-refractivity contribution < 1.29 is 28.2 Å². The third kappa shape index (κ3) is 3.94. The number of fused-ring (bicyclic) bond motifs is 2. The fourth-order valence-electron chi connectivity index (χ4n) is 2.62. The highest BCUT2D eigenvalue weighted by Crippen LogP contribution is 2.35. The maximum atomic E-state index is 12.1. The molecule has 7 nitrogen and oxygen atoms in total. The minimum absolute atomic E-state index is 0.167. The molecule has 0 aliphatic rings. The zero-order valence-corrected chi connectivity index (χ0v) is 16.1. The van der Waals surface area contributed by atoms with Crippen LogP contribution in [-0.4, -0.2) is 29.4 Å². The van der Waals surface area contributed by atoms with Crippen molar-refractivity contribution in [2.75, 3.05) is 6.61 Å². The summed E-state index contributed by atoms with van der Waals surface area (Å²) in [6.45, 7) is 6.21. The zero-order chi connectivity index (χ0) is 20.5. The van der Waals surface area contributed by atoms with Crippen LogP contribution in [0.25, 0.3) is 21.9 Å². The van der Waals surface area contributed by atoms with Crippen LogP contribution in [0.2, 0.25) is 0 Å². The predicted molar refractivity (Wildman–Crippen MR) is 103 cm³/mol. The fraction of sp³-hybridized carbons (Fsp3) is 0.333. The molecule has 1 N–H and O–H groups in total. The first kappa shape index (κ1) is 19.7. The number of rotatable bonds is 6. The van der Waals surface area contributed by atoms with Gasteiger partial charge in [-0.05, 0) is 45.9 Å². The lowest BCUT2D eigenvalue weighted by atomic mass is 10.0. The molecule has 0 amide bonds. The van der Waals surface area contributed by atoms with Crippen molar-refractivity contribution in [3.63, 3.8) is 0 Å². The molecule has 148 valence electrons. The molecule has 0 spiro atoms. The van der Waals surface area contributed by atoms with Gasteiger partial charge in [0.05, 0.1) is 11.9 Å². The van der Waals surface area contributed by atoms with E-state index in [4.69, 9.17) is 18.3 Å². The second kappa shape index (κ2) is 7.52. The first-order valence-corrected chi connectivity index (χ1v) is 8.84. The standard InChI is InChI=1S/C21H22O7/c1-5-12(2)20(23)27-15(21(3,4)24)11-26-19-17-14(8-9-25-17)10-13-6-7-16(22)28-18(13)19/h5-10,15,24H,11H2,1-4H3. The molecule has 0 saturated heterocycles. The lowest BCUT2D eigenvalue weighted by Gasteiger charge is -2.29. The summed E-state index contributed by atoms with van der Waals surface area (Å²) in [5, 5.41) is 11.8. The molecule has 3 aromatic rings. The molecule has 2 aromatic heterocycles. The molecule has 0 aliphatic heterocycles. The van der Waals surface area contributed by atoms with Gasteiger partial charge in [0.15, 0.2) is 17.3 Å².